The van der Waals surface area contributed by atoms with Crippen molar-refractivity contribution in [3.05, 3.63) is 0 Å². The maximum Gasteiger partial charge on any atom is 0.252 e. The van der Waals surface area contributed by atoms with Crippen molar-refractivity contribution >= 4 is 5.91 Å². The highest BCUT2D eigenvalue weighted by atomic mass is 16.5. The second-order valence-corrected chi connectivity index (χ2v) is 4.21. The number of nitrogens with one attached hydrogen (secondary N) is 1. The number of carbonyl (C=O) groups is 1. The van der Waals surface area contributed by atoms with Crippen LogP contribution < -0.4 is 5.32 Å². The standard InChI is InChI=1S/C11H23NO3/c1-6-11(4,15-5)10(14)12-9(3)8(2)7-13/h8-9,13H,6-7H2,1-5H3,(H,12,14). The Kier molecular flexibility index (Phi) is 5.83. The fourth-order valence-corrected chi connectivity index (χ4v) is 1.06. The van der Waals surface area contributed by atoms with Crippen molar-refractivity contribution in [3.8, 4) is 0 Å². The molecular formula is C11H23NO3. The lowest BCUT2D eigenvalue weighted by Gasteiger charge is -2.28. The molecule has 0 aromatic heterocycles. The molecule has 2 N–H and O–H groups in total. The van der Waals surface area contributed by atoms with E-state index < -0.39 is 5.60 Å². The van der Waals surface area contributed by atoms with Gasteiger partial charge in [0.2, 0.25) is 0 Å². The van der Waals surface area contributed by atoms with Crippen LogP contribution in [0.15, 0.2) is 0 Å². The van der Waals surface area contributed by atoms with E-state index in [4.69, 9.17) is 9.84 Å². The van der Waals surface area contributed by atoms with Crippen LogP contribution in [0.2, 0.25) is 0 Å². The highest BCUT2D eigenvalue weighted by molar-refractivity contribution is 5.84. The van der Waals surface area contributed by atoms with Gasteiger partial charge in [0, 0.05) is 19.8 Å². The molecule has 3 atom stereocenters. The number of aliphatic hydroxyl groups excluding tert-OH is 1. The third kappa shape index (κ3) is 3.80. The van der Waals surface area contributed by atoms with Gasteiger partial charge in [-0.3, -0.25) is 4.79 Å². The molecule has 0 spiro atoms. The molecule has 0 fully saturated rings. The first kappa shape index (κ1) is 14.4. The van der Waals surface area contributed by atoms with Crippen molar-refractivity contribution < 1.29 is 14.6 Å². The number of hydrogen-bond donors (Lipinski definition) is 2. The molecule has 3 unspecified atom stereocenters. The zero-order valence-corrected chi connectivity index (χ0v) is 10.3. The Balaban J connectivity index is 4.35. The lowest BCUT2D eigenvalue weighted by atomic mass is 9.99. The zero-order valence-electron chi connectivity index (χ0n) is 10.3. The number of aliphatic hydroxyl groups is 1. The first-order valence-corrected chi connectivity index (χ1v) is 5.38. The zero-order chi connectivity index (χ0) is 12.1. The highest BCUT2D eigenvalue weighted by Crippen LogP contribution is 2.15. The quantitative estimate of drug-likeness (QED) is 0.696. The SMILES string of the molecule is CCC(C)(OC)C(=O)NC(C)C(C)CO. The van der Waals surface area contributed by atoms with Gasteiger partial charge in [-0.15, -0.1) is 0 Å². The summed E-state index contributed by atoms with van der Waals surface area (Å²) in [5.74, 6) is -0.0767. The summed E-state index contributed by atoms with van der Waals surface area (Å²) < 4.78 is 5.19. The highest BCUT2D eigenvalue weighted by Gasteiger charge is 2.32. The van der Waals surface area contributed by atoms with Crippen molar-refractivity contribution in [2.75, 3.05) is 13.7 Å². The molecule has 4 heteroatoms. The third-order valence-corrected chi connectivity index (χ3v) is 3.11. The third-order valence-electron chi connectivity index (χ3n) is 3.11. The Morgan fingerprint density at radius 1 is 1.53 bits per heavy atom. The molecule has 90 valence electrons. The van der Waals surface area contributed by atoms with Crippen molar-refractivity contribution in [2.45, 2.75) is 45.8 Å². The van der Waals surface area contributed by atoms with Gasteiger partial charge in [-0.25, -0.2) is 0 Å². The maximum atomic E-state index is 11.8. The Bertz CT molecular complexity index is 202. The van der Waals surface area contributed by atoms with Crippen LogP contribution in [0.25, 0.3) is 0 Å². The largest absolute Gasteiger partial charge is 0.396 e. The smallest absolute Gasteiger partial charge is 0.252 e. The summed E-state index contributed by atoms with van der Waals surface area (Å²) in [6.07, 6.45) is 0.621. The van der Waals surface area contributed by atoms with E-state index in [1.54, 1.807) is 6.92 Å². The average molecular weight is 217 g/mol. The molecule has 0 radical (unpaired) electrons. The molecule has 0 aliphatic rings. The number of rotatable bonds is 6. The van der Waals surface area contributed by atoms with E-state index in [0.717, 1.165) is 0 Å². The molecule has 0 saturated heterocycles. The molecule has 0 aliphatic heterocycles. The van der Waals surface area contributed by atoms with Gasteiger partial charge in [0.25, 0.3) is 5.91 Å². The van der Waals surface area contributed by atoms with Crippen LogP contribution in [0, 0.1) is 5.92 Å². The summed E-state index contributed by atoms with van der Waals surface area (Å²) in [6.45, 7) is 7.50. The second-order valence-electron chi connectivity index (χ2n) is 4.21. The number of ether oxygens (including phenoxy) is 1. The molecule has 0 heterocycles. The Morgan fingerprint density at radius 3 is 2.40 bits per heavy atom. The molecular weight excluding hydrogens is 194 g/mol. The second kappa shape index (κ2) is 6.08. The maximum absolute atomic E-state index is 11.8. The minimum absolute atomic E-state index is 0.0481. The molecule has 0 bridgehead atoms. The molecule has 0 aromatic rings. The topological polar surface area (TPSA) is 58.6 Å². The van der Waals surface area contributed by atoms with E-state index >= 15 is 0 Å². The number of hydrogen-bond acceptors (Lipinski definition) is 3. The van der Waals surface area contributed by atoms with Gasteiger partial charge >= 0.3 is 0 Å². The van der Waals surface area contributed by atoms with Crippen LogP contribution in [-0.4, -0.2) is 36.4 Å². The normalized spacial score (nSPS) is 19.1. The summed E-state index contributed by atoms with van der Waals surface area (Å²) in [6, 6.07) is -0.0523. The molecule has 1 amide bonds. The van der Waals surface area contributed by atoms with Crippen molar-refractivity contribution in [3.63, 3.8) is 0 Å². The first-order valence-electron chi connectivity index (χ1n) is 5.38. The summed E-state index contributed by atoms with van der Waals surface area (Å²) in [7, 11) is 1.53. The van der Waals surface area contributed by atoms with Crippen LogP contribution in [0.3, 0.4) is 0 Å². The predicted octanol–water partition coefficient (Wildman–Crippen LogP) is 0.935. The molecule has 0 aliphatic carbocycles. The molecule has 0 rings (SSSR count). The Labute approximate surface area is 92.0 Å². The Morgan fingerprint density at radius 2 is 2.07 bits per heavy atom. The van der Waals surface area contributed by atoms with Crippen molar-refractivity contribution in [2.24, 2.45) is 5.92 Å². The predicted molar refractivity (Wildman–Crippen MR) is 59.6 cm³/mol. The van der Waals surface area contributed by atoms with E-state index in [1.165, 1.54) is 7.11 Å². The lowest BCUT2D eigenvalue weighted by molar-refractivity contribution is -0.142. The van der Waals surface area contributed by atoms with Gasteiger partial charge in [0.1, 0.15) is 5.60 Å². The number of carbonyl (C=O) groups excluding carboxylic acids is 1. The van der Waals surface area contributed by atoms with E-state index in [-0.39, 0.29) is 24.5 Å². The van der Waals surface area contributed by atoms with E-state index in [9.17, 15) is 4.79 Å². The molecule has 0 saturated carbocycles. The summed E-state index contributed by atoms with van der Waals surface area (Å²) in [5, 5.41) is 11.8. The van der Waals surface area contributed by atoms with Crippen LogP contribution in [-0.2, 0) is 9.53 Å². The van der Waals surface area contributed by atoms with Gasteiger partial charge in [-0.2, -0.15) is 0 Å². The van der Waals surface area contributed by atoms with Crippen LogP contribution in [0.1, 0.15) is 34.1 Å². The molecule has 4 nitrogen and oxygen atoms in total. The first-order chi connectivity index (χ1) is 6.91. The van der Waals surface area contributed by atoms with E-state index in [0.29, 0.717) is 6.42 Å². The van der Waals surface area contributed by atoms with E-state index in [1.807, 2.05) is 20.8 Å². The van der Waals surface area contributed by atoms with Gasteiger partial charge in [0.05, 0.1) is 0 Å². The number of amides is 1. The molecule has 15 heavy (non-hydrogen) atoms. The fourth-order valence-electron chi connectivity index (χ4n) is 1.06. The minimum Gasteiger partial charge on any atom is -0.396 e. The summed E-state index contributed by atoms with van der Waals surface area (Å²) in [4.78, 5) is 11.8. The van der Waals surface area contributed by atoms with Gasteiger partial charge in [-0.1, -0.05) is 13.8 Å². The average Bonchev–Trinajstić information content (AvgIpc) is 2.26. The lowest BCUT2D eigenvalue weighted by Crippen LogP contribution is -2.50. The van der Waals surface area contributed by atoms with Crippen LogP contribution >= 0.6 is 0 Å². The number of methoxy groups -OCH3 is 1. The van der Waals surface area contributed by atoms with Crippen molar-refractivity contribution in [1.82, 2.24) is 5.32 Å². The van der Waals surface area contributed by atoms with Crippen LogP contribution in [0.4, 0.5) is 0 Å². The minimum atomic E-state index is -0.774. The van der Waals surface area contributed by atoms with Crippen molar-refractivity contribution in [1.29, 1.82) is 0 Å². The van der Waals surface area contributed by atoms with Gasteiger partial charge in [0.15, 0.2) is 0 Å². The van der Waals surface area contributed by atoms with Gasteiger partial charge < -0.3 is 15.2 Å². The van der Waals surface area contributed by atoms with E-state index in [2.05, 4.69) is 5.32 Å². The fraction of sp³-hybridized carbons (Fsp3) is 0.909. The summed E-state index contributed by atoms with van der Waals surface area (Å²) in [5.41, 5.74) is -0.774. The molecule has 0 aromatic carbocycles. The monoisotopic (exact) mass is 217 g/mol. The van der Waals surface area contributed by atoms with Gasteiger partial charge in [-0.05, 0) is 26.2 Å². The summed E-state index contributed by atoms with van der Waals surface area (Å²) >= 11 is 0. The van der Waals surface area contributed by atoms with Crippen LogP contribution in [0.5, 0.6) is 0 Å². The Hall–Kier alpha value is -0.610.